The van der Waals surface area contributed by atoms with Gasteiger partial charge in [-0.15, -0.1) is 0 Å². The smallest absolute Gasteiger partial charge is 0.274 e. The van der Waals surface area contributed by atoms with Crippen molar-refractivity contribution in [1.29, 1.82) is 0 Å². The van der Waals surface area contributed by atoms with Crippen molar-refractivity contribution < 1.29 is 14.3 Å². The molecule has 0 radical (unpaired) electrons. The van der Waals surface area contributed by atoms with Crippen molar-refractivity contribution in [1.82, 2.24) is 20.5 Å². The lowest BCUT2D eigenvalue weighted by atomic mass is 10.1. The van der Waals surface area contributed by atoms with E-state index in [0.717, 1.165) is 16.9 Å². The number of ether oxygens (including phenoxy) is 1. The van der Waals surface area contributed by atoms with Crippen LogP contribution in [0.25, 0.3) is 11.3 Å². The van der Waals surface area contributed by atoms with Crippen molar-refractivity contribution in [2.75, 3.05) is 12.4 Å². The maximum Gasteiger partial charge on any atom is 0.274 e. The maximum atomic E-state index is 12.5. The highest BCUT2D eigenvalue weighted by Gasteiger charge is 2.12. The number of carbonyl (C=O) groups excluding carboxylic acids is 2. The third-order valence-electron chi connectivity index (χ3n) is 4.74. The summed E-state index contributed by atoms with van der Waals surface area (Å²) >= 11 is 0. The quantitative estimate of drug-likeness (QED) is 0.417. The minimum absolute atomic E-state index is 0.278. The molecule has 4 rings (SSSR count). The summed E-state index contributed by atoms with van der Waals surface area (Å²) in [5.74, 6) is 0.177. The van der Waals surface area contributed by atoms with Gasteiger partial charge in [0.15, 0.2) is 0 Å². The number of rotatable bonds is 7. The molecule has 0 aliphatic rings. The predicted octanol–water partition coefficient (Wildman–Crippen LogP) is 3.66. The highest BCUT2D eigenvalue weighted by atomic mass is 16.5. The van der Waals surface area contributed by atoms with Gasteiger partial charge in [0.25, 0.3) is 11.8 Å². The van der Waals surface area contributed by atoms with Crippen LogP contribution in [-0.2, 0) is 6.54 Å². The molecule has 0 bridgehead atoms. The lowest BCUT2D eigenvalue weighted by Gasteiger charge is -2.08. The number of benzene rings is 2. The zero-order valence-electron chi connectivity index (χ0n) is 17.3. The first-order valence-corrected chi connectivity index (χ1v) is 9.92. The Morgan fingerprint density at radius 1 is 0.969 bits per heavy atom. The van der Waals surface area contributed by atoms with E-state index >= 15 is 0 Å². The van der Waals surface area contributed by atoms with E-state index in [1.807, 2.05) is 36.4 Å². The second-order valence-corrected chi connectivity index (χ2v) is 6.95. The molecule has 0 aliphatic heterocycles. The summed E-state index contributed by atoms with van der Waals surface area (Å²) in [6, 6.07) is 21.5. The first kappa shape index (κ1) is 20.8. The van der Waals surface area contributed by atoms with Gasteiger partial charge < -0.3 is 15.4 Å². The van der Waals surface area contributed by atoms with Crippen molar-refractivity contribution in [2.24, 2.45) is 0 Å². The topological polar surface area (TPSA) is 109 Å². The number of anilines is 1. The monoisotopic (exact) mass is 427 g/mol. The fourth-order valence-electron chi connectivity index (χ4n) is 3.08. The van der Waals surface area contributed by atoms with Crippen molar-refractivity contribution in [3.05, 3.63) is 95.9 Å². The molecule has 0 saturated heterocycles. The van der Waals surface area contributed by atoms with Crippen LogP contribution in [0.2, 0.25) is 0 Å². The molecule has 2 heterocycles. The van der Waals surface area contributed by atoms with E-state index in [-0.39, 0.29) is 11.8 Å². The van der Waals surface area contributed by atoms with Crippen molar-refractivity contribution in [3.63, 3.8) is 0 Å². The van der Waals surface area contributed by atoms with E-state index in [9.17, 15) is 9.59 Å². The zero-order valence-corrected chi connectivity index (χ0v) is 17.3. The average Bonchev–Trinajstić information content (AvgIpc) is 3.34. The van der Waals surface area contributed by atoms with Crippen LogP contribution in [0.5, 0.6) is 5.75 Å². The second kappa shape index (κ2) is 9.57. The number of aromatic nitrogens is 3. The van der Waals surface area contributed by atoms with Gasteiger partial charge in [-0.2, -0.15) is 5.10 Å². The summed E-state index contributed by atoms with van der Waals surface area (Å²) in [6.07, 6.45) is 1.57. The highest BCUT2D eigenvalue weighted by Crippen LogP contribution is 2.21. The van der Waals surface area contributed by atoms with Crippen LogP contribution in [0.1, 0.15) is 26.5 Å². The molecular formula is C24H21N5O3. The Bertz CT molecular complexity index is 1220. The summed E-state index contributed by atoms with van der Waals surface area (Å²) in [6.45, 7) is 0.295. The van der Waals surface area contributed by atoms with Crippen LogP contribution in [0, 0.1) is 0 Å². The van der Waals surface area contributed by atoms with Gasteiger partial charge in [-0.3, -0.25) is 19.7 Å². The van der Waals surface area contributed by atoms with Gasteiger partial charge in [-0.25, -0.2) is 0 Å². The number of hydrogen-bond acceptors (Lipinski definition) is 5. The van der Waals surface area contributed by atoms with E-state index < -0.39 is 0 Å². The normalized spacial score (nSPS) is 10.4. The van der Waals surface area contributed by atoms with Gasteiger partial charge >= 0.3 is 0 Å². The average molecular weight is 427 g/mol. The Kier molecular flexibility index (Phi) is 6.22. The van der Waals surface area contributed by atoms with E-state index in [0.29, 0.717) is 29.3 Å². The first-order valence-electron chi connectivity index (χ1n) is 9.92. The summed E-state index contributed by atoms with van der Waals surface area (Å²) in [5.41, 5.74) is 3.69. The molecule has 2 amide bonds. The van der Waals surface area contributed by atoms with Crippen LogP contribution in [0.15, 0.2) is 79.0 Å². The molecule has 0 saturated carbocycles. The van der Waals surface area contributed by atoms with Gasteiger partial charge in [0.05, 0.1) is 12.8 Å². The Hall–Kier alpha value is -4.46. The summed E-state index contributed by atoms with van der Waals surface area (Å²) in [5, 5.41) is 12.6. The highest BCUT2D eigenvalue weighted by molar-refractivity contribution is 6.02. The molecule has 3 N–H and O–H groups in total. The number of amides is 2. The molecule has 32 heavy (non-hydrogen) atoms. The second-order valence-electron chi connectivity index (χ2n) is 6.95. The molecule has 160 valence electrons. The molecule has 0 unspecified atom stereocenters. The third-order valence-corrected chi connectivity index (χ3v) is 4.74. The van der Waals surface area contributed by atoms with Crippen LogP contribution >= 0.6 is 0 Å². The Labute approximate surface area is 184 Å². The molecule has 2 aromatic heterocycles. The van der Waals surface area contributed by atoms with Crippen LogP contribution in [-0.4, -0.2) is 34.1 Å². The number of nitrogens with one attached hydrogen (secondary N) is 3. The number of pyridine rings is 1. The van der Waals surface area contributed by atoms with Gasteiger partial charge in [-0.1, -0.05) is 18.2 Å². The van der Waals surface area contributed by atoms with E-state index in [1.54, 1.807) is 49.7 Å². The Morgan fingerprint density at radius 2 is 1.81 bits per heavy atom. The molecule has 2 aromatic carbocycles. The standard InChI is InChI=1S/C24H21N5O3/c1-32-19-10-8-17(9-11-19)21-14-22(29-28-21)23(30)26-15-16-5-4-6-18(13-16)27-24(31)20-7-2-3-12-25-20/h2-14H,15H2,1H3,(H,26,30)(H,27,31)(H,28,29). The minimum atomic E-state index is -0.296. The Morgan fingerprint density at radius 3 is 2.56 bits per heavy atom. The van der Waals surface area contributed by atoms with Gasteiger partial charge in [0, 0.05) is 24.0 Å². The molecule has 0 atom stereocenters. The summed E-state index contributed by atoms with van der Waals surface area (Å²) in [4.78, 5) is 28.8. The fourth-order valence-corrected chi connectivity index (χ4v) is 3.08. The van der Waals surface area contributed by atoms with Gasteiger partial charge in [-0.05, 0) is 60.2 Å². The number of methoxy groups -OCH3 is 1. The molecule has 0 spiro atoms. The van der Waals surface area contributed by atoms with E-state index in [4.69, 9.17) is 4.74 Å². The molecule has 0 aliphatic carbocycles. The van der Waals surface area contributed by atoms with E-state index in [1.165, 1.54) is 0 Å². The van der Waals surface area contributed by atoms with Crippen LogP contribution in [0.3, 0.4) is 0 Å². The summed E-state index contributed by atoms with van der Waals surface area (Å²) in [7, 11) is 1.61. The Balaban J connectivity index is 1.36. The molecule has 4 aromatic rings. The number of carbonyl (C=O) groups is 2. The molecule has 8 nitrogen and oxygen atoms in total. The number of hydrogen-bond donors (Lipinski definition) is 3. The van der Waals surface area contributed by atoms with Crippen molar-refractivity contribution in [2.45, 2.75) is 6.54 Å². The first-order chi connectivity index (χ1) is 15.6. The molecule has 0 fully saturated rings. The lowest BCUT2D eigenvalue weighted by Crippen LogP contribution is -2.23. The van der Waals surface area contributed by atoms with E-state index in [2.05, 4.69) is 25.8 Å². The number of aromatic amines is 1. The van der Waals surface area contributed by atoms with Crippen LogP contribution < -0.4 is 15.4 Å². The minimum Gasteiger partial charge on any atom is -0.497 e. The number of H-pyrrole nitrogens is 1. The van der Waals surface area contributed by atoms with Crippen molar-refractivity contribution in [3.8, 4) is 17.0 Å². The van der Waals surface area contributed by atoms with Crippen LogP contribution in [0.4, 0.5) is 5.69 Å². The third kappa shape index (κ3) is 4.99. The summed E-state index contributed by atoms with van der Waals surface area (Å²) < 4.78 is 5.16. The number of nitrogens with zero attached hydrogens (tertiary/aromatic N) is 2. The van der Waals surface area contributed by atoms with Gasteiger partial charge in [0.2, 0.25) is 0 Å². The predicted molar refractivity (Wildman–Crippen MR) is 120 cm³/mol. The molecule has 8 heteroatoms. The largest absolute Gasteiger partial charge is 0.497 e. The fraction of sp³-hybridized carbons (Fsp3) is 0.0833. The van der Waals surface area contributed by atoms with Crippen molar-refractivity contribution >= 4 is 17.5 Å². The SMILES string of the molecule is COc1ccc(-c2cc(C(=O)NCc3cccc(NC(=O)c4ccccn4)c3)[nH]n2)cc1. The lowest BCUT2D eigenvalue weighted by molar-refractivity contribution is 0.0945. The maximum absolute atomic E-state index is 12.5. The zero-order chi connectivity index (χ0) is 22.3. The molecular weight excluding hydrogens is 406 g/mol. The van der Waals surface area contributed by atoms with Gasteiger partial charge in [0.1, 0.15) is 17.1 Å².